The van der Waals surface area contributed by atoms with Crippen LogP contribution in [0.5, 0.6) is 0 Å². The summed E-state index contributed by atoms with van der Waals surface area (Å²) in [7, 11) is 0. The molecule has 2 amide bonds. The molecule has 1 aromatic heterocycles. The zero-order chi connectivity index (χ0) is 18.5. The molecule has 136 valence electrons. The summed E-state index contributed by atoms with van der Waals surface area (Å²) in [5, 5.41) is 2.86. The number of carbonyl (C=O) groups excluding carboxylic acids is 2. The van der Waals surface area contributed by atoms with Crippen molar-refractivity contribution < 1.29 is 9.59 Å². The van der Waals surface area contributed by atoms with Crippen molar-refractivity contribution in [2.24, 2.45) is 0 Å². The van der Waals surface area contributed by atoms with E-state index in [0.29, 0.717) is 11.1 Å². The molecule has 3 rings (SSSR count). The Bertz CT molecular complexity index is 803. The number of benzene rings is 1. The van der Waals surface area contributed by atoms with Crippen LogP contribution in [0.1, 0.15) is 58.9 Å². The molecule has 26 heavy (non-hydrogen) atoms. The molecule has 2 aromatic rings. The molecule has 1 fully saturated rings. The summed E-state index contributed by atoms with van der Waals surface area (Å²) in [6.07, 6.45) is 7.24. The number of anilines is 1. The van der Waals surface area contributed by atoms with Crippen molar-refractivity contribution in [3.63, 3.8) is 0 Å². The first-order valence-electron chi connectivity index (χ1n) is 9.22. The number of aromatic nitrogens is 1. The number of likely N-dealkylation sites (tertiary alicyclic amines) is 1. The average molecular weight is 351 g/mol. The number of rotatable bonds is 4. The van der Waals surface area contributed by atoms with E-state index in [1.165, 1.54) is 12.6 Å². The van der Waals surface area contributed by atoms with E-state index in [1.807, 2.05) is 36.1 Å². The normalized spacial score (nSPS) is 17.0. The topological polar surface area (TPSA) is 62.3 Å². The first-order chi connectivity index (χ1) is 12.6. The Labute approximate surface area is 154 Å². The van der Waals surface area contributed by atoms with E-state index in [9.17, 15) is 9.59 Å². The predicted molar refractivity (Wildman–Crippen MR) is 102 cm³/mol. The second kappa shape index (κ2) is 8.13. The molecular formula is C21H25N3O2. The van der Waals surface area contributed by atoms with Crippen LogP contribution in [0, 0.1) is 6.92 Å². The number of piperidine rings is 1. The van der Waals surface area contributed by atoms with Crippen LogP contribution in [0.25, 0.3) is 0 Å². The van der Waals surface area contributed by atoms with Crippen molar-refractivity contribution in [1.29, 1.82) is 0 Å². The van der Waals surface area contributed by atoms with Gasteiger partial charge in [0, 0.05) is 30.7 Å². The van der Waals surface area contributed by atoms with E-state index >= 15 is 0 Å². The molecule has 1 saturated heterocycles. The Kier molecular flexibility index (Phi) is 5.66. The zero-order valence-corrected chi connectivity index (χ0v) is 15.4. The van der Waals surface area contributed by atoms with Gasteiger partial charge in [-0.2, -0.15) is 0 Å². The maximum Gasteiger partial charge on any atom is 0.257 e. The standard InChI is InChI=1S/C21H25N3O2/c1-3-19-9-4-5-10-24(19)21(26)17-12-16(13-22-14-17)20(25)23-18-8-6-7-15(2)11-18/h6-8,11-14,19H,3-5,9-10H2,1-2H3,(H,23,25). The number of nitrogens with one attached hydrogen (secondary N) is 1. The Morgan fingerprint density at radius 3 is 2.77 bits per heavy atom. The number of carbonyl (C=O) groups is 2. The molecule has 0 radical (unpaired) electrons. The molecule has 1 aliphatic heterocycles. The van der Waals surface area contributed by atoms with Gasteiger partial charge in [0.25, 0.3) is 11.8 Å². The van der Waals surface area contributed by atoms with Gasteiger partial charge >= 0.3 is 0 Å². The van der Waals surface area contributed by atoms with Gasteiger partial charge in [0.2, 0.25) is 0 Å². The molecule has 5 heteroatoms. The van der Waals surface area contributed by atoms with Gasteiger partial charge in [-0.3, -0.25) is 14.6 Å². The van der Waals surface area contributed by atoms with Gasteiger partial charge in [0.05, 0.1) is 11.1 Å². The fourth-order valence-corrected chi connectivity index (χ4v) is 3.47. The van der Waals surface area contributed by atoms with Crippen molar-refractivity contribution in [1.82, 2.24) is 9.88 Å². The number of pyridine rings is 1. The number of amides is 2. The summed E-state index contributed by atoms with van der Waals surface area (Å²) < 4.78 is 0. The quantitative estimate of drug-likeness (QED) is 0.904. The maximum absolute atomic E-state index is 12.9. The lowest BCUT2D eigenvalue weighted by atomic mass is 9.99. The van der Waals surface area contributed by atoms with Crippen LogP contribution in [-0.2, 0) is 0 Å². The first kappa shape index (κ1) is 18.1. The number of nitrogens with zero attached hydrogens (tertiary/aromatic N) is 2. The molecule has 1 unspecified atom stereocenters. The molecule has 1 N–H and O–H groups in total. The van der Waals surface area contributed by atoms with E-state index < -0.39 is 0 Å². The van der Waals surface area contributed by atoms with Crippen molar-refractivity contribution in [2.75, 3.05) is 11.9 Å². The molecule has 1 aromatic carbocycles. The lowest BCUT2D eigenvalue weighted by molar-refractivity contribution is 0.0607. The second-order valence-electron chi connectivity index (χ2n) is 6.84. The Morgan fingerprint density at radius 2 is 2.00 bits per heavy atom. The number of hydrogen-bond acceptors (Lipinski definition) is 3. The van der Waals surface area contributed by atoms with Crippen LogP contribution in [0.3, 0.4) is 0 Å². The van der Waals surface area contributed by atoms with Crippen LogP contribution >= 0.6 is 0 Å². The van der Waals surface area contributed by atoms with E-state index in [0.717, 1.165) is 37.1 Å². The number of aryl methyl sites for hydroxylation is 1. The maximum atomic E-state index is 12.9. The lowest BCUT2D eigenvalue weighted by Gasteiger charge is -2.35. The van der Waals surface area contributed by atoms with E-state index in [1.54, 1.807) is 12.3 Å². The largest absolute Gasteiger partial charge is 0.336 e. The zero-order valence-electron chi connectivity index (χ0n) is 15.4. The monoisotopic (exact) mass is 351 g/mol. The van der Waals surface area contributed by atoms with Crippen LogP contribution in [-0.4, -0.2) is 34.3 Å². The van der Waals surface area contributed by atoms with Crippen LogP contribution in [0.15, 0.2) is 42.7 Å². The molecule has 0 aliphatic carbocycles. The van der Waals surface area contributed by atoms with Crippen molar-refractivity contribution in [3.8, 4) is 0 Å². The predicted octanol–water partition coefficient (Wildman–Crippen LogP) is 4.05. The third-order valence-corrected chi connectivity index (χ3v) is 4.88. The highest BCUT2D eigenvalue weighted by atomic mass is 16.2. The van der Waals surface area contributed by atoms with Crippen LogP contribution in [0.2, 0.25) is 0 Å². The van der Waals surface area contributed by atoms with Crippen LogP contribution < -0.4 is 5.32 Å². The summed E-state index contributed by atoms with van der Waals surface area (Å²) in [4.78, 5) is 31.5. The fraction of sp³-hybridized carbons (Fsp3) is 0.381. The van der Waals surface area contributed by atoms with Gasteiger partial charge in [0.15, 0.2) is 0 Å². The molecule has 2 heterocycles. The first-order valence-corrected chi connectivity index (χ1v) is 9.22. The highest BCUT2D eigenvalue weighted by Crippen LogP contribution is 2.22. The van der Waals surface area contributed by atoms with Gasteiger partial charge in [-0.05, 0) is 56.4 Å². The Morgan fingerprint density at radius 1 is 1.19 bits per heavy atom. The van der Waals surface area contributed by atoms with E-state index in [-0.39, 0.29) is 17.9 Å². The van der Waals surface area contributed by atoms with Gasteiger partial charge in [-0.15, -0.1) is 0 Å². The molecule has 0 bridgehead atoms. The third kappa shape index (κ3) is 4.10. The van der Waals surface area contributed by atoms with Gasteiger partial charge < -0.3 is 10.2 Å². The Balaban J connectivity index is 1.77. The molecule has 0 saturated carbocycles. The van der Waals surface area contributed by atoms with E-state index in [4.69, 9.17) is 0 Å². The van der Waals surface area contributed by atoms with Gasteiger partial charge in [-0.1, -0.05) is 19.1 Å². The number of hydrogen-bond donors (Lipinski definition) is 1. The minimum Gasteiger partial charge on any atom is -0.336 e. The van der Waals surface area contributed by atoms with Crippen LogP contribution in [0.4, 0.5) is 5.69 Å². The smallest absolute Gasteiger partial charge is 0.257 e. The highest BCUT2D eigenvalue weighted by Gasteiger charge is 2.26. The summed E-state index contributed by atoms with van der Waals surface area (Å²) in [5.74, 6) is -0.294. The summed E-state index contributed by atoms with van der Waals surface area (Å²) in [6, 6.07) is 9.53. The van der Waals surface area contributed by atoms with Gasteiger partial charge in [-0.25, -0.2) is 0 Å². The van der Waals surface area contributed by atoms with Crippen molar-refractivity contribution in [2.45, 2.75) is 45.6 Å². The fourth-order valence-electron chi connectivity index (χ4n) is 3.47. The highest BCUT2D eigenvalue weighted by molar-refractivity contribution is 6.05. The SMILES string of the molecule is CCC1CCCCN1C(=O)c1cncc(C(=O)Nc2cccc(C)c2)c1. The molecule has 0 spiro atoms. The minimum absolute atomic E-state index is 0.0331. The second-order valence-corrected chi connectivity index (χ2v) is 6.84. The average Bonchev–Trinajstić information content (AvgIpc) is 2.67. The molecule has 1 atom stereocenters. The third-order valence-electron chi connectivity index (χ3n) is 4.88. The Hall–Kier alpha value is -2.69. The molecule has 1 aliphatic rings. The minimum atomic E-state index is -0.261. The molecular weight excluding hydrogens is 326 g/mol. The lowest BCUT2D eigenvalue weighted by Crippen LogP contribution is -2.43. The van der Waals surface area contributed by atoms with E-state index in [2.05, 4.69) is 17.2 Å². The van der Waals surface area contributed by atoms with Crippen molar-refractivity contribution in [3.05, 3.63) is 59.4 Å². The summed E-state index contributed by atoms with van der Waals surface area (Å²) in [6.45, 7) is 4.86. The summed E-state index contributed by atoms with van der Waals surface area (Å²) >= 11 is 0. The van der Waals surface area contributed by atoms with Gasteiger partial charge in [0.1, 0.15) is 0 Å². The summed E-state index contributed by atoms with van der Waals surface area (Å²) in [5.41, 5.74) is 2.67. The van der Waals surface area contributed by atoms with Crippen molar-refractivity contribution >= 4 is 17.5 Å². The molecule has 5 nitrogen and oxygen atoms in total.